The second-order valence-electron chi connectivity index (χ2n) is 5.51. The zero-order valence-corrected chi connectivity index (χ0v) is 17.3. The molecular formula is C17H14BrN3O4S2. The van der Waals surface area contributed by atoms with Gasteiger partial charge in [0.05, 0.1) is 4.90 Å². The third kappa shape index (κ3) is 5.34. The van der Waals surface area contributed by atoms with Crippen LogP contribution in [-0.4, -0.2) is 36.5 Å². The molecule has 3 rings (SSSR count). The summed E-state index contributed by atoms with van der Waals surface area (Å²) in [6.45, 7) is -0.153. The first-order valence-corrected chi connectivity index (χ1v) is 11.1. The summed E-state index contributed by atoms with van der Waals surface area (Å²) in [4.78, 5) is 16.4. The maximum Gasteiger partial charge on any atom is 0.264 e. The predicted molar refractivity (Wildman–Crippen MR) is 107 cm³/mol. The lowest BCUT2D eigenvalue weighted by atomic mass is 10.2. The van der Waals surface area contributed by atoms with Gasteiger partial charge in [-0.15, -0.1) is 0 Å². The Bertz CT molecular complexity index is 1050. The van der Waals surface area contributed by atoms with Crippen molar-refractivity contribution in [3.8, 4) is 17.1 Å². The molecule has 0 aliphatic rings. The summed E-state index contributed by atoms with van der Waals surface area (Å²) in [5.41, 5.74) is 0.658. The number of nitrogens with one attached hydrogen (secondary N) is 1. The molecule has 3 aromatic rings. The molecule has 140 valence electrons. The number of hydrogen-bond donors (Lipinski definition) is 1. The summed E-state index contributed by atoms with van der Waals surface area (Å²) in [7, 11) is -3.26. The molecule has 1 N–H and O–H groups in total. The van der Waals surface area contributed by atoms with Gasteiger partial charge >= 0.3 is 0 Å². The summed E-state index contributed by atoms with van der Waals surface area (Å²) < 4.78 is 33.5. The molecule has 0 spiro atoms. The molecule has 0 saturated heterocycles. The van der Waals surface area contributed by atoms with Crippen molar-refractivity contribution in [3.63, 3.8) is 0 Å². The van der Waals surface area contributed by atoms with Crippen LogP contribution in [0.2, 0.25) is 0 Å². The van der Waals surface area contributed by atoms with E-state index in [1.807, 2.05) is 12.1 Å². The molecule has 0 unspecified atom stereocenters. The average molecular weight is 468 g/mol. The molecule has 0 bridgehead atoms. The molecule has 0 saturated carbocycles. The van der Waals surface area contributed by atoms with Crippen LogP contribution in [0, 0.1) is 0 Å². The molecule has 0 aliphatic carbocycles. The molecule has 0 fully saturated rings. The minimum Gasteiger partial charge on any atom is -0.484 e. The minimum absolute atomic E-state index is 0.153. The van der Waals surface area contributed by atoms with Crippen LogP contribution in [0.1, 0.15) is 0 Å². The number of halogens is 1. The Morgan fingerprint density at radius 1 is 1.15 bits per heavy atom. The SMILES string of the molecule is CS(=O)(=O)c1ccc(-c2nsc(NC(=O)COc3ccc(Br)cc3)n2)cc1. The fraction of sp³-hybridized carbons (Fsp3) is 0.118. The normalized spacial score (nSPS) is 11.2. The number of carbonyl (C=O) groups is 1. The molecule has 7 nitrogen and oxygen atoms in total. The van der Waals surface area contributed by atoms with E-state index < -0.39 is 9.84 Å². The van der Waals surface area contributed by atoms with E-state index in [9.17, 15) is 13.2 Å². The van der Waals surface area contributed by atoms with Gasteiger partial charge in [0.1, 0.15) is 5.75 Å². The van der Waals surface area contributed by atoms with Gasteiger partial charge in [-0.05, 0) is 48.5 Å². The van der Waals surface area contributed by atoms with Crippen molar-refractivity contribution in [1.82, 2.24) is 9.36 Å². The Morgan fingerprint density at radius 3 is 2.44 bits per heavy atom. The van der Waals surface area contributed by atoms with Crippen molar-refractivity contribution < 1.29 is 17.9 Å². The fourth-order valence-corrected chi connectivity index (χ4v) is 3.58. The van der Waals surface area contributed by atoms with Gasteiger partial charge in [-0.2, -0.15) is 9.36 Å². The molecular weight excluding hydrogens is 454 g/mol. The lowest BCUT2D eigenvalue weighted by molar-refractivity contribution is -0.118. The molecule has 0 atom stereocenters. The summed E-state index contributed by atoms with van der Waals surface area (Å²) in [6, 6.07) is 13.4. The fourth-order valence-electron chi connectivity index (χ4n) is 2.08. The van der Waals surface area contributed by atoms with E-state index >= 15 is 0 Å². The van der Waals surface area contributed by atoms with Gasteiger partial charge in [-0.1, -0.05) is 15.9 Å². The number of hydrogen-bond acceptors (Lipinski definition) is 7. The Morgan fingerprint density at radius 2 is 1.81 bits per heavy atom. The molecule has 1 heterocycles. The van der Waals surface area contributed by atoms with E-state index in [4.69, 9.17) is 4.74 Å². The Labute approximate surface area is 168 Å². The Kier molecular flexibility index (Phi) is 5.88. The lowest BCUT2D eigenvalue weighted by Gasteiger charge is -2.05. The minimum atomic E-state index is -3.26. The highest BCUT2D eigenvalue weighted by Crippen LogP contribution is 2.23. The number of anilines is 1. The van der Waals surface area contributed by atoms with Crippen LogP contribution < -0.4 is 10.1 Å². The van der Waals surface area contributed by atoms with Crippen LogP contribution in [-0.2, 0) is 14.6 Å². The first kappa shape index (κ1) is 19.5. The van der Waals surface area contributed by atoms with Gasteiger partial charge in [-0.3, -0.25) is 10.1 Å². The van der Waals surface area contributed by atoms with Crippen molar-refractivity contribution in [2.75, 3.05) is 18.2 Å². The van der Waals surface area contributed by atoms with Crippen LogP contribution in [0.3, 0.4) is 0 Å². The number of aromatic nitrogens is 2. The topological polar surface area (TPSA) is 98.2 Å². The second-order valence-corrected chi connectivity index (χ2v) is 9.19. The summed E-state index contributed by atoms with van der Waals surface area (Å²) >= 11 is 4.36. The van der Waals surface area contributed by atoms with E-state index in [2.05, 4.69) is 30.6 Å². The maximum absolute atomic E-state index is 12.0. The highest BCUT2D eigenvalue weighted by atomic mass is 79.9. The molecule has 27 heavy (non-hydrogen) atoms. The smallest absolute Gasteiger partial charge is 0.264 e. The first-order valence-electron chi connectivity index (χ1n) is 7.64. The monoisotopic (exact) mass is 467 g/mol. The molecule has 1 amide bonds. The third-order valence-electron chi connectivity index (χ3n) is 3.40. The van der Waals surface area contributed by atoms with Crippen molar-refractivity contribution in [3.05, 3.63) is 53.0 Å². The molecule has 2 aromatic carbocycles. The number of carbonyl (C=O) groups excluding carboxylic acids is 1. The number of nitrogens with zero attached hydrogens (tertiary/aromatic N) is 2. The zero-order valence-electron chi connectivity index (χ0n) is 14.0. The number of rotatable bonds is 6. The van der Waals surface area contributed by atoms with E-state index in [0.717, 1.165) is 22.3 Å². The van der Waals surface area contributed by atoms with E-state index in [1.54, 1.807) is 24.3 Å². The van der Waals surface area contributed by atoms with Gasteiger partial charge < -0.3 is 4.74 Å². The van der Waals surface area contributed by atoms with Gasteiger partial charge in [0.2, 0.25) is 5.13 Å². The van der Waals surface area contributed by atoms with E-state index in [0.29, 0.717) is 22.3 Å². The van der Waals surface area contributed by atoms with Gasteiger partial charge in [0.25, 0.3) is 5.91 Å². The molecule has 1 aromatic heterocycles. The highest BCUT2D eigenvalue weighted by molar-refractivity contribution is 9.10. The lowest BCUT2D eigenvalue weighted by Crippen LogP contribution is -2.20. The maximum atomic E-state index is 12.0. The van der Waals surface area contributed by atoms with Crippen LogP contribution in [0.15, 0.2) is 57.9 Å². The average Bonchev–Trinajstić information content (AvgIpc) is 3.09. The van der Waals surface area contributed by atoms with Crippen LogP contribution in [0.5, 0.6) is 5.75 Å². The number of benzene rings is 2. The quantitative estimate of drug-likeness (QED) is 0.596. The van der Waals surface area contributed by atoms with Gasteiger partial charge in [-0.25, -0.2) is 8.42 Å². The predicted octanol–water partition coefficient (Wildman–Crippen LogP) is 3.39. The van der Waals surface area contributed by atoms with Crippen LogP contribution in [0.25, 0.3) is 11.4 Å². The van der Waals surface area contributed by atoms with Crippen molar-refractivity contribution in [1.29, 1.82) is 0 Å². The summed E-state index contributed by atoms with van der Waals surface area (Å²) in [6.07, 6.45) is 1.15. The van der Waals surface area contributed by atoms with Crippen LogP contribution in [0.4, 0.5) is 5.13 Å². The highest BCUT2D eigenvalue weighted by Gasteiger charge is 2.12. The Hall–Kier alpha value is -2.30. The number of sulfone groups is 1. The summed E-state index contributed by atoms with van der Waals surface area (Å²) in [5.74, 6) is 0.634. The third-order valence-corrected chi connectivity index (χ3v) is 5.68. The molecule has 0 radical (unpaired) electrons. The molecule has 10 heteroatoms. The number of ether oxygens (including phenoxy) is 1. The van der Waals surface area contributed by atoms with Crippen molar-refractivity contribution >= 4 is 48.3 Å². The van der Waals surface area contributed by atoms with E-state index in [-0.39, 0.29) is 17.4 Å². The van der Waals surface area contributed by atoms with Gasteiger partial charge in [0.15, 0.2) is 22.3 Å². The number of amides is 1. The largest absolute Gasteiger partial charge is 0.484 e. The first-order chi connectivity index (χ1) is 12.8. The second kappa shape index (κ2) is 8.15. The van der Waals surface area contributed by atoms with Gasteiger partial charge in [0, 0.05) is 27.8 Å². The van der Waals surface area contributed by atoms with Crippen molar-refractivity contribution in [2.45, 2.75) is 4.90 Å². The zero-order chi connectivity index (χ0) is 19.4. The van der Waals surface area contributed by atoms with Crippen LogP contribution >= 0.6 is 27.5 Å². The van der Waals surface area contributed by atoms with E-state index in [1.165, 1.54) is 12.1 Å². The standard InChI is InChI=1S/C17H14BrN3O4S2/c1-27(23,24)14-8-2-11(3-9-14)16-20-17(26-21-16)19-15(22)10-25-13-6-4-12(18)5-7-13/h2-9H,10H2,1H3,(H,19,20,21,22). The molecule has 0 aliphatic heterocycles. The Balaban J connectivity index is 1.60. The van der Waals surface area contributed by atoms with Crippen molar-refractivity contribution in [2.24, 2.45) is 0 Å². The summed E-state index contributed by atoms with van der Waals surface area (Å²) in [5, 5.41) is 2.96.